The maximum absolute atomic E-state index is 8.56. The predicted molar refractivity (Wildman–Crippen MR) is 51.7 cm³/mol. The van der Waals surface area contributed by atoms with Gasteiger partial charge >= 0.3 is 0 Å². The first-order chi connectivity index (χ1) is 5.65. The van der Waals surface area contributed by atoms with Crippen LogP contribution in [0.2, 0.25) is 0 Å². The van der Waals surface area contributed by atoms with E-state index >= 15 is 0 Å². The SMILES string of the molecule is C=C(C#N)CC(NC)C(C)CC. The molecule has 1 N–H and O–H groups in total. The van der Waals surface area contributed by atoms with Crippen LogP contribution in [0.4, 0.5) is 0 Å². The molecule has 68 valence electrons. The molecule has 0 fully saturated rings. The van der Waals surface area contributed by atoms with E-state index in [0.29, 0.717) is 17.5 Å². The molecule has 0 rings (SSSR count). The number of nitrogens with zero attached hydrogens (tertiary/aromatic N) is 1. The lowest BCUT2D eigenvalue weighted by atomic mass is 9.94. The Morgan fingerprint density at radius 1 is 1.67 bits per heavy atom. The van der Waals surface area contributed by atoms with E-state index in [9.17, 15) is 0 Å². The molecule has 0 saturated heterocycles. The average Bonchev–Trinajstić information content (AvgIpc) is 2.12. The molecule has 0 saturated carbocycles. The molecule has 0 bridgehead atoms. The summed E-state index contributed by atoms with van der Waals surface area (Å²) in [6, 6.07) is 2.47. The molecular weight excluding hydrogens is 148 g/mol. The van der Waals surface area contributed by atoms with Crippen LogP contribution in [0.5, 0.6) is 0 Å². The first kappa shape index (κ1) is 11.2. The molecule has 12 heavy (non-hydrogen) atoms. The Morgan fingerprint density at radius 3 is 2.58 bits per heavy atom. The van der Waals surface area contributed by atoms with Gasteiger partial charge in [-0.05, 0) is 19.4 Å². The van der Waals surface area contributed by atoms with Crippen molar-refractivity contribution < 1.29 is 0 Å². The highest BCUT2D eigenvalue weighted by Gasteiger charge is 2.13. The predicted octanol–water partition coefficient (Wildman–Crippen LogP) is 2.09. The Labute approximate surface area is 75.3 Å². The number of nitrogens with one attached hydrogen (secondary N) is 1. The second-order valence-corrected chi connectivity index (χ2v) is 3.20. The molecule has 2 heteroatoms. The summed E-state index contributed by atoms with van der Waals surface area (Å²) in [5, 5.41) is 11.8. The van der Waals surface area contributed by atoms with Crippen LogP contribution < -0.4 is 5.32 Å². The fraction of sp³-hybridized carbons (Fsp3) is 0.700. The van der Waals surface area contributed by atoms with Crippen molar-refractivity contribution in [2.24, 2.45) is 5.92 Å². The maximum atomic E-state index is 8.56. The third-order valence-corrected chi connectivity index (χ3v) is 2.33. The first-order valence-corrected chi connectivity index (χ1v) is 4.40. The van der Waals surface area contributed by atoms with Gasteiger partial charge < -0.3 is 5.32 Å². The summed E-state index contributed by atoms with van der Waals surface area (Å²) in [4.78, 5) is 0. The highest BCUT2D eigenvalue weighted by molar-refractivity contribution is 5.17. The average molecular weight is 166 g/mol. The molecule has 2 atom stereocenters. The fourth-order valence-electron chi connectivity index (χ4n) is 1.18. The Morgan fingerprint density at radius 2 is 2.25 bits per heavy atom. The lowest BCUT2D eigenvalue weighted by Crippen LogP contribution is -2.31. The lowest BCUT2D eigenvalue weighted by molar-refractivity contribution is 0.388. The highest BCUT2D eigenvalue weighted by atomic mass is 14.9. The quantitative estimate of drug-likeness (QED) is 0.635. The van der Waals surface area contributed by atoms with Crippen molar-refractivity contribution in [3.8, 4) is 6.07 Å². The van der Waals surface area contributed by atoms with Gasteiger partial charge in [0.1, 0.15) is 0 Å². The second-order valence-electron chi connectivity index (χ2n) is 3.20. The summed E-state index contributed by atoms with van der Waals surface area (Å²) >= 11 is 0. The van der Waals surface area contributed by atoms with Gasteiger partial charge in [0, 0.05) is 11.6 Å². The molecule has 0 amide bonds. The molecule has 0 aliphatic carbocycles. The Balaban J connectivity index is 4.01. The van der Waals surface area contributed by atoms with Crippen molar-refractivity contribution in [3.63, 3.8) is 0 Å². The van der Waals surface area contributed by atoms with Gasteiger partial charge in [-0.2, -0.15) is 5.26 Å². The molecule has 0 aromatic carbocycles. The molecule has 2 nitrogen and oxygen atoms in total. The number of hydrogen-bond acceptors (Lipinski definition) is 2. The summed E-state index contributed by atoms with van der Waals surface area (Å²) in [6.07, 6.45) is 1.90. The highest BCUT2D eigenvalue weighted by Crippen LogP contribution is 2.13. The second kappa shape index (κ2) is 5.79. The molecule has 0 aliphatic rings. The summed E-state index contributed by atoms with van der Waals surface area (Å²) in [5.74, 6) is 0.597. The fourth-order valence-corrected chi connectivity index (χ4v) is 1.18. The number of nitriles is 1. The molecule has 0 radical (unpaired) electrons. The van der Waals surface area contributed by atoms with E-state index in [2.05, 4.69) is 31.8 Å². The van der Waals surface area contributed by atoms with Crippen LogP contribution >= 0.6 is 0 Å². The zero-order valence-corrected chi connectivity index (χ0v) is 8.22. The molecule has 0 aromatic rings. The summed E-state index contributed by atoms with van der Waals surface area (Å²) in [5.41, 5.74) is 0.662. The van der Waals surface area contributed by atoms with Crippen LogP contribution in [0, 0.1) is 17.2 Å². The van der Waals surface area contributed by atoms with Crippen molar-refractivity contribution in [1.29, 1.82) is 5.26 Å². The van der Waals surface area contributed by atoms with Gasteiger partial charge in [-0.1, -0.05) is 26.8 Å². The van der Waals surface area contributed by atoms with E-state index in [4.69, 9.17) is 5.26 Å². The van der Waals surface area contributed by atoms with Crippen LogP contribution in [-0.4, -0.2) is 13.1 Å². The molecule has 0 heterocycles. The Kier molecular flexibility index (Phi) is 5.40. The van der Waals surface area contributed by atoms with E-state index in [1.165, 1.54) is 0 Å². The largest absolute Gasteiger partial charge is 0.316 e. The minimum Gasteiger partial charge on any atom is -0.316 e. The summed E-state index contributed by atoms with van der Waals surface area (Å²) in [6.45, 7) is 8.02. The van der Waals surface area contributed by atoms with Gasteiger partial charge in [0.2, 0.25) is 0 Å². The van der Waals surface area contributed by atoms with E-state index in [0.717, 1.165) is 12.8 Å². The van der Waals surface area contributed by atoms with Crippen LogP contribution in [-0.2, 0) is 0 Å². The minimum atomic E-state index is 0.391. The van der Waals surface area contributed by atoms with E-state index < -0.39 is 0 Å². The molecular formula is C10H18N2. The third kappa shape index (κ3) is 3.54. The van der Waals surface area contributed by atoms with Gasteiger partial charge in [0.25, 0.3) is 0 Å². The maximum Gasteiger partial charge on any atom is 0.0941 e. The van der Waals surface area contributed by atoms with Gasteiger partial charge in [-0.3, -0.25) is 0 Å². The monoisotopic (exact) mass is 166 g/mol. The van der Waals surface area contributed by atoms with Crippen molar-refractivity contribution in [2.45, 2.75) is 32.7 Å². The van der Waals surface area contributed by atoms with Gasteiger partial charge in [0.05, 0.1) is 6.07 Å². The molecule has 0 spiro atoms. The molecule has 2 unspecified atom stereocenters. The Hall–Kier alpha value is -0.810. The Bertz CT molecular complexity index is 179. The summed E-state index contributed by atoms with van der Waals surface area (Å²) < 4.78 is 0. The van der Waals surface area contributed by atoms with E-state index in [1.54, 1.807) is 0 Å². The normalized spacial score (nSPS) is 14.8. The van der Waals surface area contributed by atoms with Gasteiger partial charge in [-0.25, -0.2) is 0 Å². The van der Waals surface area contributed by atoms with Crippen molar-refractivity contribution >= 4 is 0 Å². The topological polar surface area (TPSA) is 35.8 Å². The molecule has 0 aliphatic heterocycles. The van der Waals surface area contributed by atoms with Gasteiger partial charge in [-0.15, -0.1) is 0 Å². The van der Waals surface area contributed by atoms with Gasteiger partial charge in [0.15, 0.2) is 0 Å². The molecule has 0 aromatic heterocycles. The van der Waals surface area contributed by atoms with Crippen molar-refractivity contribution in [2.75, 3.05) is 7.05 Å². The number of rotatable bonds is 5. The number of hydrogen-bond donors (Lipinski definition) is 1. The van der Waals surface area contributed by atoms with Crippen molar-refractivity contribution in [1.82, 2.24) is 5.32 Å². The minimum absolute atomic E-state index is 0.391. The smallest absolute Gasteiger partial charge is 0.0941 e. The lowest BCUT2D eigenvalue weighted by Gasteiger charge is -2.21. The third-order valence-electron chi connectivity index (χ3n) is 2.33. The van der Waals surface area contributed by atoms with Crippen molar-refractivity contribution in [3.05, 3.63) is 12.2 Å². The van der Waals surface area contributed by atoms with Crippen LogP contribution in [0.25, 0.3) is 0 Å². The first-order valence-electron chi connectivity index (χ1n) is 4.40. The zero-order valence-electron chi connectivity index (χ0n) is 8.22. The van der Waals surface area contributed by atoms with E-state index in [1.807, 2.05) is 7.05 Å². The van der Waals surface area contributed by atoms with Crippen LogP contribution in [0.1, 0.15) is 26.7 Å². The standard InChI is InChI=1S/C10H18N2/c1-5-9(3)10(12-4)6-8(2)7-11/h9-10,12H,2,5-6H2,1,3-4H3. The zero-order chi connectivity index (χ0) is 9.56. The van der Waals surface area contributed by atoms with Crippen LogP contribution in [0.3, 0.4) is 0 Å². The van der Waals surface area contributed by atoms with Crippen LogP contribution in [0.15, 0.2) is 12.2 Å². The summed E-state index contributed by atoms with van der Waals surface area (Å²) in [7, 11) is 1.93. The van der Waals surface area contributed by atoms with E-state index in [-0.39, 0.29) is 0 Å².